The van der Waals surface area contributed by atoms with Gasteiger partial charge in [0.05, 0.1) is 11.1 Å². The van der Waals surface area contributed by atoms with Crippen LogP contribution in [0.1, 0.15) is 6.92 Å². The van der Waals surface area contributed by atoms with E-state index in [1.807, 2.05) is 31.2 Å². The molecule has 1 aromatic heterocycles. The Hall–Kier alpha value is -2.18. The lowest BCUT2D eigenvalue weighted by molar-refractivity contribution is 0.477. The molecular weight excluding hydrogens is 356 g/mol. The van der Waals surface area contributed by atoms with Crippen LogP contribution in [0.5, 0.6) is 5.75 Å². The monoisotopic (exact) mass is 372 g/mol. The highest BCUT2D eigenvalue weighted by molar-refractivity contribution is 9.10. The van der Waals surface area contributed by atoms with Crippen LogP contribution in [0.4, 0.5) is 5.82 Å². The lowest BCUT2D eigenvalue weighted by Crippen LogP contribution is -2.25. The van der Waals surface area contributed by atoms with E-state index in [9.17, 15) is 5.11 Å². The fraction of sp³-hybridized carbons (Fsp3) is 0.176. The van der Waals surface area contributed by atoms with Crippen molar-refractivity contribution in [2.45, 2.75) is 13.0 Å². The Kier molecular flexibility index (Phi) is 4.45. The summed E-state index contributed by atoms with van der Waals surface area (Å²) in [5, 5.41) is 14.3. The van der Waals surface area contributed by atoms with Crippen molar-refractivity contribution in [1.29, 1.82) is 0 Å². The lowest BCUT2D eigenvalue weighted by atomic mass is 10.1. The summed E-state index contributed by atoms with van der Waals surface area (Å²) in [4.78, 5) is 9.16. The van der Waals surface area contributed by atoms with Crippen LogP contribution in [0, 0.1) is 0 Å². The first kappa shape index (κ1) is 15.7. The number of rotatable bonds is 4. The van der Waals surface area contributed by atoms with Crippen molar-refractivity contribution in [3.8, 4) is 17.1 Å². The summed E-state index contributed by atoms with van der Waals surface area (Å²) in [7, 11) is 0. The summed E-state index contributed by atoms with van der Waals surface area (Å²) in [6, 6.07) is 13.0. The first-order chi connectivity index (χ1) is 11.0. The molecule has 0 spiro atoms. The van der Waals surface area contributed by atoms with Gasteiger partial charge in [-0.1, -0.05) is 28.1 Å². The Morgan fingerprint density at radius 1 is 1.22 bits per heavy atom. The smallest absolute Gasteiger partial charge is 0.165 e. The van der Waals surface area contributed by atoms with Crippen LogP contribution in [0.3, 0.4) is 0 Å². The molecule has 0 bridgehead atoms. The molecule has 1 unspecified atom stereocenters. The van der Waals surface area contributed by atoms with Gasteiger partial charge in [0.1, 0.15) is 11.6 Å². The fourth-order valence-electron chi connectivity index (χ4n) is 2.28. The molecule has 0 saturated heterocycles. The number of anilines is 1. The van der Waals surface area contributed by atoms with E-state index in [2.05, 4.69) is 31.2 Å². The van der Waals surface area contributed by atoms with E-state index < -0.39 is 0 Å². The van der Waals surface area contributed by atoms with Crippen molar-refractivity contribution in [1.82, 2.24) is 9.97 Å². The van der Waals surface area contributed by atoms with Gasteiger partial charge in [0.2, 0.25) is 0 Å². The number of phenolic OH excluding ortho intramolecular Hbond substituents is 1. The van der Waals surface area contributed by atoms with Gasteiger partial charge in [-0.3, -0.25) is 0 Å². The Morgan fingerprint density at radius 3 is 2.78 bits per heavy atom. The van der Waals surface area contributed by atoms with Gasteiger partial charge in [-0.05, 0) is 37.3 Å². The average Bonchev–Trinajstić information content (AvgIpc) is 2.54. The van der Waals surface area contributed by atoms with Crippen molar-refractivity contribution in [2.24, 2.45) is 5.73 Å². The number of para-hydroxylation sites is 1. The minimum absolute atomic E-state index is 0.00597. The molecule has 1 atom stereocenters. The Morgan fingerprint density at radius 2 is 2.00 bits per heavy atom. The van der Waals surface area contributed by atoms with E-state index >= 15 is 0 Å². The molecule has 2 aromatic carbocycles. The van der Waals surface area contributed by atoms with Crippen LogP contribution >= 0.6 is 15.9 Å². The van der Waals surface area contributed by atoms with Crippen molar-refractivity contribution in [3.63, 3.8) is 0 Å². The molecule has 4 N–H and O–H groups in total. The Labute approximate surface area is 142 Å². The number of hydrogen-bond acceptors (Lipinski definition) is 5. The molecule has 118 valence electrons. The quantitative estimate of drug-likeness (QED) is 0.652. The zero-order valence-corrected chi connectivity index (χ0v) is 14.2. The summed E-state index contributed by atoms with van der Waals surface area (Å²) in [5.74, 6) is 1.32. The van der Waals surface area contributed by atoms with E-state index in [-0.39, 0.29) is 11.8 Å². The molecule has 3 rings (SSSR count). The zero-order valence-electron chi connectivity index (χ0n) is 12.6. The number of halogens is 1. The number of nitrogens with zero attached hydrogens (tertiary/aromatic N) is 2. The topological polar surface area (TPSA) is 84.1 Å². The van der Waals surface area contributed by atoms with Gasteiger partial charge in [-0.25, -0.2) is 9.97 Å². The highest BCUT2D eigenvalue weighted by atomic mass is 79.9. The molecule has 0 aliphatic rings. The van der Waals surface area contributed by atoms with Crippen LogP contribution in [-0.4, -0.2) is 27.7 Å². The highest BCUT2D eigenvalue weighted by Crippen LogP contribution is 2.32. The van der Waals surface area contributed by atoms with Gasteiger partial charge < -0.3 is 16.2 Å². The average molecular weight is 373 g/mol. The van der Waals surface area contributed by atoms with E-state index in [1.54, 1.807) is 18.2 Å². The fourth-order valence-corrected chi connectivity index (χ4v) is 2.64. The predicted octanol–water partition coefficient (Wildman–Crippen LogP) is 3.52. The van der Waals surface area contributed by atoms with Gasteiger partial charge in [0.15, 0.2) is 5.82 Å². The van der Waals surface area contributed by atoms with Gasteiger partial charge in [0.25, 0.3) is 0 Å². The summed E-state index contributed by atoms with van der Waals surface area (Å²) in [6.07, 6.45) is 0. The van der Waals surface area contributed by atoms with Crippen LogP contribution in [0.25, 0.3) is 22.3 Å². The number of hydrogen-bond donors (Lipinski definition) is 3. The SMILES string of the molecule is CC(N)CNc1nc(-c2cc(Br)ccc2O)nc2ccccc12. The normalized spacial score (nSPS) is 12.3. The summed E-state index contributed by atoms with van der Waals surface area (Å²) >= 11 is 3.41. The molecule has 0 saturated carbocycles. The lowest BCUT2D eigenvalue weighted by Gasteiger charge is -2.13. The molecule has 0 aliphatic carbocycles. The predicted molar refractivity (Wildman–Crippen MR) is 96.5 cm³/mol. The van der Waals surface area contributed by atoms with Crippen molar-refractivity contribution in [3.05, 3.63) is 46.9 Å². The number of aromatic hydroxyl groups is 1. The third-order valence-corrected chi connectivity index (χ3v) is 3.89. The first-order valence-electron chi connectivity index (χ1n) is 7.29. The second-order valence-corrected chi connectivity index (χ2v) is 6.35. The largest absolute Gasteiger partial charge is 0.507 e. The van der Waals surface area contributed by atoms with E-state index in [0.717, 1.165) is 15.4 Å². The second-order valence-electron chi connectivity index (χ2n) is 5.43. The second kappa shape index (κ2) is 6.52. The van der Waals surface area contributed by atoms with E-state index in [4.69, 9.17) is 5.73 Å². The number of fused-ring (bicyclic) bond motifs is 1. The van der Waals surface area contributed by atoms with Crippen LogP contribution in [-0.2, 0) is 0 Å². The number of phenols is 1. The molecule has 1 heterocycles. The third kappa shape index (κ3) is 3.43. The van der Waals surface area contributed by atoms with Crippen LogP contribution in [0.2, 0.25) is 0 Å². The molecule has 0 amide bonds. The molecular formula is C17H17BrN4O. The van der Waals surface area contributed by atoms with Crippen molar-refractivity contribution in [2.75, 3.05) is 11.9 Å². The molecule has 0 radical (unpaired) electrons. The Bertz CT molecular complexity index is 851. The number of nitrogens with two attached hydrogens (primary N) is 1. The maximum atomic E-state index is 10.1. The Balaban J connectivity index is 2.16. The number of benzene rings is 2. The molecule has 5 nitrogen and oxygen atoms in total. The molecule has 0 aliphatic heterocycles. The third-order valence-electron chi connectivity index (χ3n) is 3.39. The first-order valence-corrected chi connectivity index (χ1v) is 8.09. The number of nitrogens with one attached hydrogen (secondary N) is 1. The minimum Gasteiger partial charge on any atom is -0.507 e. The van der Waals surface area contributed by atoms with Crippen molar-refractivity contribution < 1.29 is 5.11 Å². The van der Waals surface area contributed by atoms with E-state index in [0.29, 0.717) is 23.8 Å². The zero-order chi connectivity index (χ0) is 16.4. The molecule has 23 heavy (non-hydrogen) atoms. The van der Waals surface area contributed by atoms with Crippen LogP contribution < -0.4 is 11.1 Å². The molecule has 3 aromatic rings. The highest BCUT2D eigenvalue weighted by Gasteiger charge is 2.13. The van der Waals surface area contributed by atoms with Gasteiger partial charge in [0, 0.05) is 22.4 Å². The minimum atomic E-state index is 0.00597. The summed E-state index contributed by atoms with van der Waals surface area (Å²) in [5.41, 5.74) is 7.21. The summed E-state index contributed by atoms with van der Waals surface area (Å²) < 4.78 is 0.854. The summed E-state index contributed by atoms with van der Waals surface area (Å²) in [6.45, 7) is 2.53. The van der Waals surface area contributed by atoms with Crippen molar-refractivity contribution >= 4 is 32.7 Å². The standard InChI is InChI=1S/C17H17BrN4O/c1-10(19)9-20-16-12-4-2-3-5-14(12)21-17(22-16)13-8-11(18)6-7-15(13)23/h2-8,10,23H,9,19H2,1H3,(H,20,21,22). The van der Waals surface area contributed by atoms with Gasteiger partial charge in [-0.15, -0.1) is 0 Å². The maximum Gasteiger partial charge on any atom is 0.165 e. The maximum absolute atomic E-state index is 10.1. The molecule has 6 heteroatoms. The van der Waals surface area contributed by atoms with Crippen LogP contribution in [0.15, 0.2) is 46.9 Å². The molecule has 0 fully saturated rings. The van der Waals surface area contributed by atoms with Gasteiger partial charge >= 0.3 is 0 Å². The van der Waals surface area contributed by atoms with E-state index in [1.165, 1.54) is 0 Å². The van der Waals surface area contributed by atoms with Gasteiger partial charge in [-0.2, -0.15) is 0 Å². The number of aromatic nitrogens is 2.